The summed E-state index contributed by atoms with van der Waals surface area (Å²) in [5.41, 5.74) is 1.44. The maximum atomic E-state index is 12.6. The van der Waals surface area contributed by atoms with Crippen LogP contribution in [0.4, 0.5) is 16.4 Å². The van der Waals surface area contributed by atoms with Crippen LogP contribution in [-0.4, -0.2) is 42.1 Å². The van der Waals surface area contributed by atoms with Crippen LogP contribution in [0.1, 0.15) is 16.1 Å². The number of benzene rings is 1. The summed E-state index contributed by atoms with van der Waals surface area (Å²) in [4.78, 5) is 39.0. The predicted molar refractivity (Wildman–Crippen MR) is 129 cm³/mol. The van der Waals surface area contributed by atoms with E-state index in [-0.39, 0.29) is 15.7 Å². The fourth-order valence-electron chi connectivity index (χ4n) is 2.89. The molecule has 0 radical (unpaired) electrons. The van der Waals surface area contributed by atoms with Gasteiger partial charge < -0.3 is 9.84 Å². The van der Waals surface area contributed by atoms with Crippen LogP contribution in [-0.2, 0) is 19.6 Å². The van der Waals surface area contributed by atoms with Crippen LogP contribution < -0.4 is 10.0 Å². The Labute approximate surface area is 203 Å². The molecule has 3 amide bonds. The molecule has 0 spiro atoms. The van der Waals surface area contributed by atoms with Crippen LogP contribution in [0.15, 0.2) is 56.1 Å². The molecule has 13 heteroatoms. The number of anilines is 2. The van der Waals surface area contributed by atoms with Crippen LogP contribution >= 0.6 is 23.1 Å². The maximum Gasteiger partial charge on any atom is 0.294 e. The van der Waals surface area contributed by atoms with Crippen molar-refractivity contribution in [2.24, 2.45) is 0 Å². The van der Waals surface area contributed by atoms with Crippen molar-refractivity contribution in [3.63, 3.8) is 0 Å². The average molecular weight is 519 g/mol. The van der Waals surface area contributed by atoms with Crippen LogP contribution in [0.3, 0.4) is 0 Å². The molecule has 1 aromatic carbocycles. The van der Waals surface area contributed by atoms with Crippen LogP contribution in [0, 0.1) is 13.8 Å². The Kier molecular flexibility index (Phi) is 6.59. The molecular formula is C21H18N4O6S3. The SMILES string of the molecule is Cc1noc(NS(=O)(=O)c2ccc(NC(=O)CN3C(=O)SC(=Cc4cccs4)C3=O)cc2)c1C. The molecule has 1 saturated heterocycles. The Morgan fingerprint density at radius 3 is 2.53 bits per heavy atom. The van der Waals surface area contributed by atoms with Crippen molar-refractivity contribution in [2.75, 3.05) is 16.6 Å². The topological polar surface area (TPSA) is 139 Å². The number of nitrogens with zero attached hydrogens (tertiary/aromatic N) is 2. The molecule has 4 rings (SSSR count). The smallest absolute Gasteiger partial charge is 0.294 e. The second kappa shape index (κ2) is 9.44. The quantitative estimate of drug-likeness (QED) is 0.450. The summed E-state index contributed by atoms with van der Waals surface area (Å²) >= 11 is 2.20. The lowest BCUT2D eigenvalue weighted by atomic mass is 10.3. The van der Waals surface area contributed by atoms with Crippen LogP contribution in [0.5, 0.6) is 0 Å². The zero-order valence-corrected chi connectivity index (χ0v) is 20.3. The molecule has 176 valence electrons. The Morgan fingerprint density at radius 2 is 1.91 bits per heavy atom. The molecule has 0 bridgehead atoms. The number of thioether (sulfide) groups is 1. The number of aryl methyl sites for hydroxylation is 1. The average Bonchev–Trinajstić information content (AvgIpc) is 3.48. The summed E-state index contributed by atoms with van der Waals surface area (Å²) in [7, 11) is -3.93. The van der Waals surface area contributed by atoms with Gasteiger partial charge in [0.15, 0.2) is 0 Å². The molecule has 0 unspecified atom stereocenters. The third-order valence-electron chi connectivity index (χ3n) is 4.82. The van der Waals surface area contributed by atoms with Gasteiger partial charge in [0.25, 0.3) is 21.2 Å². The van der Waals surface area contributed by atoms with Crippen molar-refractivity contribution in [3.05, 3.63) is 62.8 Å². The highest BCUT2D eigenvalue weighted by Crippen LogP contribution is 2.32. The number of hydrogen-bond acceptors (Lipinski definition) is 9. The Balaban J connectivity index is 1.39. The molecule has 0 atom stereocenters. The summed E-state index contributed by atoms with van der Waals surface area (Å²) in [6.07, 6.45) is 1.61. The summed E-state index contributed by atoms with van der Waals surface area (Å²) in [6, 6.07) is 9.06. The summed E-state index contributed by atoms with van der Waals surface area (Å²) in [5.74, 6) is -1.11. The number of carbonyl (C=O) groups is 3. The molecule has 2 N–H and O–H groups in total. The number of nitrogens with one attached hydrogen (secondary N) is 2. The lowest BCUT2D eigenvalue weighted by Crippen LogP contribution is -2.36. The van der Waals surface area contributed by atoms with Crippen molar-refractivity contribution < 1.29 is 27.3 Å². The molecule has 1 aliphatic heterocycles. The minimum absolute atomic E-state index is 0.0280. The highest BCUT2D eigenvalue weighted by Gasteiger charge is 2.36. The van der Waals surface area contributed by atoms with Crippen LogP contribution in [0.25, 0.3) is 6.08 Å². The van der Waals surface area contributed by atoms with Gasteiger partial charge in [0.05, 0.1) is 15.5 Å². The lowest BCUT2D eigenvalue weighted by molar-refractivity contribution is -0.127. The molecule has 3 heterocycles. The van der Waals surface area contributed by atoms with E-state index in [0.717, 1.165) is 21.5 Å². The number of aromatic nitrogens is 1. The first-order chi connectivity index (χ1) is 16.1. The van der Waals surface area contributed by atoms with Gasteiger partial charge in [-0.1, -0.05) is 11.2 Å². The second-order valence-electron chi connectivity index (χ2n) is 7.18. The van der Waals surface area contributed by atoms with Gasteiger partial charge in [0.2, 0.25) is 11.8 Å². The van der Waals surface area contributed by atoms with Gasteiger partial charge >= 0.3 is 0 Å². The molecule has 1 fully saturated rings. The van der Waals surface area contributed by atoms with E-state index in [0.29, 0.717) is 16.9 Å². The first-order valence-electron chi connectivity index (χ1n) is 9.78. The minimum atomic E-state index is -3.93. The van der Waals surface area contributed by atoms with E-state index < -0.39 is 33.6 Å². The molecule has 1 aliphatic rings. The van der Waals surface area contributed by atoms with Crippen LogP contribution in [0.2, 0.25) is 0 Å². The predicted octanol–water partition coefficient (Wildman–Crippen LogP) is 3.83. The van der Waals surface area contributed by atoms with E-state index in [1.807, 2.05) is 17.5 Å². The van der Waals surface area contributed by atoms with Crippen molar-refractivity contribution in [3.8, 4) is 0 Å². The van der Waals surface area contributed by atoms with E-state index in [1.54, 1.807) is 19.9 Å². The van der Waals surface area contributed by atoms with Gasteiger partial charge in [-0.15, -0.1) is 11.3 Å². The number of rotatable bonds is 7. The number of imide groups is 1. The molecule has 0 saturated carbocycles. The number of carbonyl (C=O) groups excluding carboxylic acids is 3. The minimum Gasteiger partial charge on any atom is -0.337 e. The number of sulfonamides is 1. The Hall–Kier alpha value is -3.42. The zero-order valence-electron chi connectivity index (χ0n) is 17.9. The molecule has 3 aromatic rings. The summed E-state index contributed by atoms with van der Waals surface area (Å²) in [5, 5.41) is 7.59. The number of amides is 3. The second-order valence-corrected chi connectivity index (χ2v) is 10.8. The highest BCUT2D eigenvalue weighted by molar-refractivity contribution is 8.18. The lowest BCUT2D eigenvalue weighted by Gasteiger charge is -2.13. The number of thiophene rings is 1. The normalized spacial score (nSPS) is 15.2. The van der Waals surface area contributed by atoms with Crippen molar-refractivity contribution in [2.45, 2.75) is 18.7 Å². The third kappa shape index (κ3) is 5.05. The van der Waals surface area contributed by atoms with E-state index in [4.69, 9.17) is 4.52 Å². The standard InChI is InChI=1S/C21H18N4O6S3/c1-12-13(2)23-31-19(12)24-34(29,30)16-7-5-14(6-8-16)22-18(26)11-25-20(27)17(33-21(25)28)10-15-4-3-9-32-15/h3-10,24H,11H2,1-2H3,(H,22,26). The van der Waals surface area contributed by atoms with E-state index in [9.17, 15) is 22.8 Å². The molecule has 34 heavy (non-hydrogen) atoms. The van der Waals surface area contributed by atoms with Gasteiger partial charge in [0, 0.05) is 16.1 Å². The maximum absolute atomic E-state index is 12.6. The zero-order chi connectivity index (χ0) is 24.5. The molecular weight excluding hydrogens is 500 g/mol. The van der Waals surface area contributed by atoms with E-state index >= 15 is 0 Å². The fraction of sp³-hybridized carbons (Fsp3) is 0.143. The van der Waals surface area contributed by atoms with E-state index in [2.05, 4.69) is 15.2 Å². The van der Waals surface area contributed by atoms with Crippen molar-refractivity contribution in [1.29, 1.82) is 0 Å². The largest absolute Gasteiger partial charge is 0.337 e. The van der Waals surface area contributed by atoms with Gasteiger partial charge in [0.1, 0.15) is 6.54 Å². The third-order valence-corrected chi connectivity index (χ3v) is 7.90. The molecule has 10 nitrogen and oxygen atoms in total. The van der Waals surface area contributed by atoms with Gasteiger partial charge in [-0.25, -0.2) is 13.1 Å². The van der Waals surface area contributed by atoms with Crippen molar-refractivity contribution >= 4 is 67.8 Å². The fourth-order valence-corrected chi connectivity index (χ4v) is 5.50. The number of hydrogen-bond donors (Lipinski definition) is 2. The van der Waals surface area contributed by atoms with Gasteiger partial charge in [-0.2, -0.15) is 0 Å². The van der Waals surface area contributed by atoms with Gasteiger partial charge in [-0.3, -0.25) is 19.3 Å². The first kappa shape index (κ1) is 23.7. The molecule has 0 aliphatic carbocycles. The Bertz CT molecular complexity index is 1390. The van der Waals surface area contributed by atoms with E-state index in [1.165, 1.54) is 35.6 Å². The first-order valence-corrected chi connectivity index (χ1v) is 13.0. The summed E-state index contributed by atoms with van der Waals surface area (Å²) in [6.45, 7) is 2.91. The Morgan fingerprint density at radius 1 is 1.18 bits per heavy atom. The summed E-state index contributed by atoms with van der Waals surface area (Å²) < 4.78 is 32.4. The molecule has 2 aromatic heterocycles. The van der Waals surface area contributed by atoms with Crippen molar-refractivity contribution in [1.82, 2.24) is 10.1 Å². The van der Waals surface area contributed by atoms with Gasteiger partial charge in [-0.05, 0) is 67.4 Å². The monoisotopic (exact) mass is 518 g/mol. The highest BCUT2D eigenvalue weighted by atomic mass is 32.2.